The number of aryl methyl sites for hydroxylation is 2. The van der Waals surface area contributed by atoms with Crippen molar-refractivity contribution in [3.63, 3.8) is 0 Å². The predicted molar refractivity (Wildman–Crippen MR) is 67.0 cm³/mol. The molecule has 6 heteroatoms. The zero-order valence-corrected chi connectivity index (χ0v) is 10.9. The van der Waals surface area contributed by atoms with E-state index in [0.717, 1.165) is 18.5 Å². The fourth-order valence-electron chi connectivity index (χ4n) is 2.09. The third kappa shape index (κ3) is 2.96. The summed E-state index contributed by atoms with van der Waals surface area (Å²) in [5.41, 5.74) is 0.499. The number of aromatic nitrogens is 2. The molecule has 2 aromatic rings. The maximum atomic E-state index is 12.9. The number of nitrogens with zero attached hydrogens (tertiary/aromatic N) is 2. The molecule has 2 heterocycles. The van der Waals surface area contributed by atoms with Gasteiger partial charge >= 0.3 is 6.18 Å². The molecule has 1 unspecified atom stereocenters. The molecule has 0 aliphatic rings. The molecule has 0 radical (unpaired) electrons. The summed E-state index contributed by atoms with van der Waals surface area (Å²) in [4.78, 5) is 7.81. The summed E-state index contributed by atoms with van der Waals surface area (Å²) < 4.78 is 38.8. The fraction of sp³-hybridized carbons (Fsp3) is 0.286. The molecule has 3 nitrogen and oxygen atoms in total. The highest BCUT2D eigenvalue weighted by molar-refractivity contribution is 5.36. The van der Waals surface area contributed by atoms with Crippen LogP contribution in [0.1, 0.15) is 34.2 Å². The summed E-state index contributed by atoms with van der Waals surface area (Å²) >= 11 is 0. The monoisotopic (exact) mass is 282 g/mol. The van der Waals surface area contributed by atoms with Gasteiger partial charge in [-0.25, -0.2) is 0 Å². The molecule has 0 amide bonds. The van der Waals surface area contributed by atoms with Crippen molar-refractivity contribution in [2.75, 3.05) is 0 Å². The van der Waals surface area contributed by atoms with E-state index in [9.17, 15) is 18.3 Å². The van der Waals surface area contributed by atoms with Gasteiger partial charge in [0, 0.05) is 29.3 Å². The molecular formula is C14H13F3N2O. The third-order valence-corrected chi connectivity index (χ3v) is 2.87. The lowest BCUT2D eigenvalue weighted by Crippen LogP contribution is -2.13. The van der Waals surface area contributed by atoms with Crippen LogP contribution in [0.15, 0.2) is 30.6 Å². The van der Waals surface area contributed by atoms with Crippen molar-refractivity contribution in [2.24, 2.45) is 0 Å². The van der Waals surface area contributed by atoms with Crippen LogP contribution in [0.2, 0.25) is 0 Å². The SMILES string of the molecule is Cc1cc(C(O)c2cnccc2C(F)(F)F)cc(C)n1. The largest absolute Gasteiger partial charge is 0.416 e. The van der Waals surface area contributed by atoms with E-state index in [1.807, 2.05) is 0 Å². The molecule has 0 aromatic carbocycles. The van der Waals surface area contributed by atoms with Gasteiger partial charge in [-0.05, 0) is 37.6 Å². The van der Waals surface area contributed by atoms with Crippen LogP contribution in [0.3, 0.4) is 0 Å². The van der Waals surface area contributed by atoms with Crippen LogP contribution in [0.25, 0.3) is 0 Å². The third-order valence-electron chi connectivity index (χ3n) is 2.87. The number of aliphatic hydroxyl groups is 1. The van der Waals surface area contributed by atoms with E-state index in [1.165, 1.54) is 0 Å². The van der Waals surface area contributed by atoms with Crippen molar-refractivity contribution in [1.82, 2.24) is 9.97 Å². The molecule has 1 atom stereocenters. The van der Waals surface area contributed by atoms with Gasteiger partial charge in [-0.2, -0.15) is 13.2 Å². The lowest BCUT2D eigenvalue weighted by atomic mass is 9.98. The maximum Gasteiger partial charge on any atom is 0.416 e. The Balaban J connectivity index is 2.51. The van der Waals surface area contributed by atoms with Crippen LogP contribution in [-0.2, 0) is 6.18 Å². The Hall–Kier alpha value is -1.95. The van der Waals surface area contributed by atoms with Gasteiger partial charge in [0.15, 0.2) is 0 Å². The smallest absolute Gasteiger partial charge is 0.384 e. The first-order valence-electron chi connectivity index (χ1n) is 5.93. The molecule has 1 N–H and O–H groups in total. The number of halogens is 3. The Bertz CT molecular complexity index is 606. The minimum atomic E-state index is -4.53. The van der Waals surface area contributed by atoms with Crippen molar-refractivity contribution >= 4 is 0 Å². The summed E-state index contributed by atoms with van der Waals surface area (Å²) in [5.74, 6) is 0. The Morgan fingerprint density at radius 1 is 1.15 bits per heavy atom. The number of alkyl halides is 3. The number of rotatable bonds is 2. The molecule has 0 saturated carbocycles. The van der Waals surface area contributed by atoms with Crippen LogP contribution in [0.5, 0.6) is 0 Å². The average molecular weight is 282 g/mol. The highest BCUT2D eigenvalue weighted by Crippen LogP contribution is 2.36. The Kier molecular flexibility index (Phi) is 3.76. The Labute approximate surface area is 114 Å². The number of aliphatic hydroxyl groups excluding tert-OH is 1. The number of pyridine rings is 2. The molecule has 2 aromatic heterocycles. The summed E-state index contributed by atoms with van der Waals surface area (Å²) in [6.45, 7) is 3.44. The zero-order valence-electron chi connectivity index (χ0n) is 10.9. The van der Waals surface area contributed by atoms with Gasteiger partial charge in [0.1, 0.15) is 6.10 Å². The van der Waals surface area contributed by atoms with E-state index in [1.54, 1.807) is 26.0 Å². The molecule has 0 aliphatic carbocycles. The highest BCUT2D eigenvalue weighted by atomic mass is 19.4. The van der Waals surface area contributed by atoms with E-state index >= 15 is 0 Å². The summed E-state index contributed by atoms with van der Waals surface area (Å²) in [6, 6.07) is 3.98. The van der Waals surface area contributed by atoms with Crippen molar-refractivity contribution in [3.05, 3.63) is 58.7 Å². The van der Waals surface area contributed by atoms with Crippen LogP contribution >= 0.6 is 0 Å². The molecule has 20 heavy (non-hydrogen) atoms. The Morgan fingerprint density at radius 2 is 1.75 bits per heavy atom. The Morgan fingerprint density at radius 3 is 2.30 bits per heavy atom. The van der Waals surface area contributed by atoms with Crippen LogP contribution < -0.4 is 0 Å². The zero-order chi connectivity index (χ0) is 14.9. The lowest BCUT2D eigenvalue weighted by Gasteiger charge is -2.17. The molecule has 106 valence electrons. The molecular weight excluding hydrogens is 269 g/mol. The van der Waals surface area contributed by atoms with Crippen molar-refractivity contribution in [3.8, 4) is 0 Å². The first kappa shape index (κ1) is 14.5. The van der Waals surface area contributed by atoms with Crippen LogP contribution in [0.4, 0.5) is 13.2 Å². The van der Waals surface area contributed by atoms with Gasteiger partial charge < -0.3 is 5.11 Å². The van der Waals surface area contributed by atoms with Crippen LogP contribution in [-0.4, -0.2) is 15.1 Å². The molecule has 0 spiro atoms. The van der Waals surface area contributed by atoms with Crippen molar-refractivity contribution < 1.29 is 18.3 Å². The predicted octanol–water partition coefficient (Wildman–Crippen LogP) is 3.19. The van der Waals surface area contributed by atoms with Crippen molar-refractivity contribution in [1.29, 1.82) is 0 Å². The number of hydrogen-bond donors (Lipinski definition) is 1. The summed E-state index contributed by atoms with van der Waals surface area (Å²) in [5, 5.41) is 10.2. The second-order valence-corrected chi connectivity index (χ2v) is 4.55. The van der Waals surface area contributed by atoms with Gasteiger partial charge in [-0.1, -0.05) is 0 Å². The summed E-state index contributed by atoms with van der Waals surface area (Å²) in [7, 11) is 0. The molecule has 0 saturated heterocycles. The van der Waals surface area contributed by atoms with E-state index < -0.39 is 17.8 Å². The molecule has 0 bridgehead atoms. The topological polar surface area (TPSA) is 46.0 Å². The van der Waals surface area contributed by atoms with E-state index in [4.69, 9.17) is 0 Å². The second-order valence-electron chi connectivity index (χ2n) is 4.55. The minimum absolute atomic E-state index is 0.259. The molecule has 2 rings (SSSR count). The van der Waals surface area contributed by atoms with Gasteiger partial charge in [-0.3, -0.25) is 9.97 Å². The first-order valence-corrected chi connectivity index (χ1v) is 5.93. The fourth-order valence-corrected chi connectivity index (χ4v) is 2.09. The standard InChI is InChI=1S/C14H13F3N2O/c1-8-5-10(6-9(2)19-8)13(20)11-7-18-4-3-12(11)14(15,16)17/h3-7,13,20H,1-2H3. The van der Waals surface area contributed by atoms with Crippen LogP contribution in [0, 0.1) is 13.8 Å². The molecule has 0 aliphatic heterocycles. The minimum Gasteiger partial charge on any atom is -0.384 e. The van der Waals surface area contributed by atoms with Gasteiger partial charge in [-0.15, -0.1) is 0 Å². The second kappa shape index (κ2) is 5.20. The van der Waals surface area contributed by atoms with E-state index in [2.05, 4.69) is 9.97 Å². The number of hydrogen-bond acceptors (Lipinski definition) is 3. The van der Waals surface area contributed by atoms with E-state index in [-0.39, 0.29) is 5.56 Å². The highest BCUT2D eigenvalue weighted by Gasteiger charge is 2.35. The first-order chi connectivity index (χ1) is 9.29. The van der Waals surface area contributed by atoms with Gasteiger partial charge in [0.2, 0.25) is 0 Å². The summed E-state index contributed by atoms with van der Waals surface area (Å²) in [6.07, 6.45) is -3.82. The quantitative estimate of drug-likeness (QED) is 0.920. The molecule has 0 fully saturated rings. The average Bonchev–Trinajstić information content (AvgIpc) is 2.35. The van der Waals surface area contributed by atoms with Crippen molar-refractivity contribution in [2.45, 2.75) is 26.1 Å². The van der Waals surface area contributed by atoms with Gasteiger partial charge in [0.25, 0.3) is 0 Å². The maximum absolute atomic E-state index is 12.9. The lowest BCUT2D eigenvalue weighted by molar-refractivity contribution is -0.139. The van der Waals surface area contributed by atoms with E-state index in [0.29, 0.717) is 17.0 Å². The normalized spacial score (nSPS) is 13.3. The van der Waals surface area contributed by atoms with Gasteiger partial charge in [0.05, 0.1) is 5.56 Å².